The first kappa shape index (κ1) is 14.7. The molecule has 1 unspecified atom stereocenters. The molecule has 0 aliphatic heterocycles. The van der Waals surface area contributed by atoms with Gasteiger partial charge in [0.15, 0.2) is 5.75 Å². The number of alkyl halides is 2. The predicted octanol–water partition coefficient (Wildman–Crippen LogP) is 5.20. The maximum atomic E-state index is 12.2. The van der Waals surface area contributed by atoms with E-state index in [-0.39, 0.29) is 15.8 Å². The van der Waals surface area contributed by atoms with Gasteiger partial charge >= 0.3 is 6.61 Å². The monoisotopic (exact) mass is 309 g/mol. The standard InChI is InChI=1S/C13H15Cl2F2NO/c1-2-11(7-3-4-7)18-8-5-9(14)12(10(15)6-8)19-13(16)17/h5-7,11,13,18H,2-4H2,1H3. The molecule has 0 spiro atoms. The third-order valence-electron chi connectivity index (χ3n) is 3.19. The average Bonchev–Trinajstić information content (AvgIpc) is 3.14. The van der Waals surface area contributed by atoms with Crippen LogP contribution in [-0.4, -0.2) is 12.7 Å². The van der Waals surface area contributed by atoms with E-state index in [9.17, 15) is 8.78 Å². The molecule has 0 aromatic heterocycles. The van der Waals surface area contributed by atoms with Gasteiger partial charge in [-0.25, -0.2) is 0 Å². The van der Waals surface area contributed by atoms with Crippen molar-refractivity contribution in [2.45, 2.75) is 38.8 Å². The van der Waals surface area contributed by atoms with E-state index in [2.05, 4.69) is 17.0 Å². The van der Waals surface area contributed by atoms with Crippen LogP contribution in [0.4, 0.5) is 14.5 Å². The fraction of sp³-hybridized carbons (Fsp3) is 0.538. The van der Waals surface area contributed by atoms with Crippen LogP contribution in [-0.2, 0) is 0 Å². The van der Waals surface area contributed by atoms with Crippen LogP contribution in [0, 0.1) is 5.92 Å². The summed E-state index contributed by atoms with van der Waals surface area (Å²) in [6.07, 6.45) is 3.44. The van der Waals surface area contributed by atoms with E-state index in [4.69, 9.17) is 23.2 Å². The highest BCUT2D eigenvalue weighted by atomic mass is 35.5. The third kappa shape index (κ3) is 3.86. The van der Waals surface area contributed by atoms with Crippen LogP contribution in [0.3, 0.4) is 0 Å². The van der Waals surface area contributed by atoms with Crippen molar-refractivity contribution in [2.75, 3.05) is 5.32 Å². The summed E-state index contributed by atoms with van der Waals surface area (Å²) in [5.74, 6) is 0.503. The lowest BCUT2D eigenvalue weighted by atomic mass is 10.1. The minimum absolute atomic E-state index is 0.0842. The number of halogens is 4. The fourth-order valence-electron chi connectivity index (χ4n) is 2.11. The van der Waals surface area contributed by atoms with Crippen LogP contribution in [0.1, 0.15) is 26.2 Å². The van der Waals surface area contributed by atoms with Gasteiger partial charge in [0.1, 0.15) is 0 Å². The number of ether oxygens (including phenoxy) is 1. The van der Waals surface area contributed by atoms with E-state index in [0.29, 0.717) is 12.0 Å². The lowest BCUT2D eigenvalue weighted by molar-refractivity contribution is -0.0497. The molecule has 1 aliphatic rings. The zero-order valence-corrected chi connectivity index (χ0v) is 11.9. The molecule has 0 bridgehead atoms. The summed E-state index contributed by atoms with van der Waals surface area (Å²) in [6.45, 7) is -0.836. The van der Waals surface area contributed by atoms with Gasteiger partial charge in [0.05, 0.1) is 10.0 Å². The average molecular weight is 310 g/mol. The number of nitrogens with one attached hydrogen (secondary N) is 1. The first-order chi connectivity index (χ1) is 9.01. The molecule has 1 saturated carbocycles. The second-order valence-corrected chi connectivity index (χ2v) is 5.46. The second-order valence-electron chi connectivity index (χ2n) is 4.64. The first-order valence-corrected chi connectivity index (χ1v) is 6.97. The lowest BCUT2D eigenvalue weighted by Crippen LogP contribution is -2.20. The molecule has 0 amide bonds. The summed E-state index contributed by atoms with van der Waals surface area (Å²) in [4.78, 5) is 0. The van der Waals surface area contributed by atoms with Gasteiger partial charge in [-0.3, -0.25) is 0 Å². The molecule has 0 saturated heterocycles. The van der Waals surface area contributed by atoms with Crippen LogP contribution < -0.4 is 10.1 Å². The zero-order valence-electron chi connectivity index (χ0n) is 10.4. The summed E-state index contributed by atoms with van der Waals surface area (Å²) in [5, 5.41) is 3.51. The normalized spacial score (nSPS) is 16.5. The molecule has 6 heteroatoms. The Morgan fingerprint density at radius 3 is 2.32 bits per heavy atom. The molecule has 2 nitrogen and oxygen atoms in total. The van der Waals surface area contributed by atoms with Gasteiger partial charge in [-0.15, -0.1) is 0 Å². The fourth-order valence-corrected chi connectivity index (χ4v) is 2.69. The van der Waals surface area contributed by atoms with Gasteiger partial charge in [0.2, 0.25) is 0 Å². The smallest absolute Gasteiger partial charge is 0.387 e. The Morgan fingerprint density at radius 1 is 1.32 bits per heavy atom. The largest absolute Gasteiger partial charge is 0.432 e. The Morgan fingerprint density at radius 2 is 1.89 bits per heavy atom. The SMILES string of the molecule is CCC(Nc1cc(Cl)c(OC(F)F)c(Cl)c1)C1CC1. The van der Waals surface area contributed by atoms with Gasteiger partial charge in [-0.1, -0.05) is 30.1 Å². The van der Waals surface area contributed by atoms with Crippen LogP contribution in [0.2, 0.25) is 10.0 Å². The van der Waals surface area contributed by atoms with Crippen molar-refractivity contribution >= 4 is 28.9 Å². The van der Waals surface area contributed by atoms with Crippen LogP contribution in [0.25, 0.3) is 0 Å². The summed E-state index contributed by atoms with van der Waals surface area (Å²) in [6, 6.07) is 3.50. The number of anilines is 1. The molecule has 0 radical (unpaired) electrons. The highest BCUT2D eigenvalue weighted by Gasteiger charge is 2.30. The zero-order chi connectivity index (χ0) is 14.0. The maximum absolute atomic E-state index is 12.2. The molecule has 106 valence electrons. The molecule has 1 aliphatic carbocycles. The third-order valence-corrected chi connectivity index (χ3v) is 3.75. The van der Waals surface area contributed by atoms with Crippen LogP contribution in [0.5, 0.6) is 5.75 Å². The van der Waals surface area contributed by atoms with Crippen molar-refractivity contribution in [3.63, 3.8) is 0 Å². The molecule has 1 atom stereocenters. The molecule has 1 N–H and O–H groups in total. The lowest BCUT2D eigenvalue weighted by Gasteiger charge is -2.19. The minimum Gasteiger partial charge on any atom is -0.432 e. The highest BCUT2D eigenvalue weighted by molar-refractivity contribution is 6.37. The molecule has 1 aromatic rings. The van der Waals surface area contributed by atoms with Crippen molar-refractivity contribution in [2.24, 2.45) is 5.92 Å². The number of hydrogen-bond donors (Lipinski definition) is 1. The van der Waals surface area contributed by atoms with Gasteiger partial charge < -0.3 is 10.1 Å². The number of hydrogen-bond acceptors (Lipinski definition) is 2. The topological polar surface area (TPSA) is 21.3 Å². The first-order valence-electron chi connectivity index (χ1n) is 6.21. The summed E-state index contributed by atoms with van der Waals surface area (Å²) in [7, 11) is 0. The maximum Gasteiger partial charge on any atom is 0.387 e. The second kappa shape index (κ2) is 6.14. The molecular weight excluding hydrogens is 295 g/mol. The minimum atomic E-state index is -2.94. The van der Waals surface area contributed by atoms with Gasteiger partial charge in [0, 0.05) is 11.7 Å². The van der Waals surface area contributed by atoms with Gasteiger partial charge in [0.25, 0.3) is 0 Å². The van der Waals surface area contributed by atoms with E-state index in [0.717, 1.165) is 12.1 Å². The van der Waals surface area contributed by atoms with Crippen molar-refractivity contribution in [3.05, 3.63) is 22.2 Å². The molecular formula is C13H15Cl2F2NO. The number of benzene rings is 1. The summed E-state index contributed by atoms with van der Waals surface area (Å²) in [5.41, 5.74) is 0.732. The van der Waals surface area contributed by atoms with Crippen molar-refractivity contribution in [1.82, 2.24) is 0 Å². The summed E-state index contributed by atoms with van der Waals surface area (Å²) < 4.78 is 28.7. The van der Waals surface area contributed by atoms with E-state index < -0.39 is 6.61 Å². The molecule has 2 rings (SSSR count). The van der Waals surface area contributed by atoms with Gasteiger partial charge in [-0.2, -0.15) is 8.78 Å². The van der Waals surface area contributed by atoms with E-state index in [1.807, 2.05) is 0 Å². The van der Waals surface area contributed by atoms with Crippen molar-refractivity contribution in [3.8, 4) is 5.75 Å². The molecule has 1 aromatic carbocycles. The van der Waals surface area contributed by atoms with Crippen LogP contribution >= 0.6 is 23.2 Å². The Labute approximate surface area is 121 Å². The number of rotatable bonds is 6. The summed E-state index contributed by atoms with van der Waals surface area (Å²) >= 11 is 11.8. The quantitative estimate of drug-likeness (QED) is 0.780. The highest BCUT2D eigenvalue weighted by Crippen LogP contribution is 2.39. The Balaban J connectivity index is 2.14. The molecule has 19 heavy (non-hydrogen) atoms. The van der Waals surface area contributed by atoms with E-state index in [1.165, 1.54) is 12.8 Å². The van der Waals surface area contributed by atoms with Gasteiger partial charge in [-0.05, 0) is 37.3 Å². The van der Waals surface area contributed by atoms with E-state index >= 15 is 0 Å². The predicted molar refractivity (Wildman–Crippen MR) is 73.5 cm³/mol. The Hall–Kier alpha value is -0.740. The van der Waals surface area contributed by atoms with Crippen molar-refractivity contribution < 1.29 is 13.5 Å². The van der Waals surface area contributed by atoms with Crippen molar-refractivity contribution in [1.29, 1.82) is 0 Å². The van der Waals surface area contributed by atoms with E-state index in [1.54, 1.807) is 12.1 Å². The molecule has 0 heterocycles. The van der Waals surface area contributed by atoms with Crippen LogP contribution in [0.15, 0.2) is 12.1 Å². The Kier molecular flexibility index (Phi) is 4.74. The Bertz CT molecular complexity index is 429. The molecule has 1 fully saturated rings.